The van der Waals surface area contributed by atoms with Crippen LogP contribution in [0, 0.1) is 5.82 Å². The molecule has 0 aliphatic rings. The van der Waals surface area contributed by atoms with Crippen LogP contribution in [-0.2, 0) is 9.53 Å². The third-order valence-electron chi connectivity index (χ3n) is 2.53. The number of halogens is 2. The van der Waals surface area contributed by atoms with Gasteiger partial charge < -0.3 is 19.5 Å². The zero-order chi connectivity index (χ0) is 15.0. The van der Waals surface area contributed by atoms with Crippen molar-refractivity contribution in [3.05, 3.63) is 28.5 Å². The molecule has 20 heavy (non-hydrogen) atoms. The van der Waals surface area contributed by atoms with E-state index in [2.05, 4.69) is 15.9 Å². The first-order valence-electron chi connectivity index (χ1n) is 6.04. The Kier molecular flexibility index (Phi) is 7.50. The number of aliphatic hydroxyl groups excluding tert-OH is 1. The van der Waals surface area contributed by atoms with Crippen LogP contribution in [0.2, 0.25) is 0 Å². The molecular weight excluding hydrogens is 333 g/mol. The van der Waals surface area contributed by atoms with Gasteiger partial charge in [-0.2, -0.15) is 0 Å². The Balaban J connectivity index is 2.55. The average Bonchev–Trinajstić information content (AvgIpc) is 2.42. The van der Waals surface area contributed by atoms with Gasteiger partial charge in [0.1, 0.15) is 0 Å². The third-order valence-corrected chi connectivity index (χ3v) is 3.03. The number of hydrogen-bond acceptors (Lipinski definition) is 4. The van der Waals surface area contributed by atoms with Gasteiger partial charge in [-0.3, -0.25) is 4.79 Å². The molecule has 1 aromatic rings. The minimum atomic E-state index is -0.544. The Hall–Kier alpha value is -1.18. The number of benzene rings is 1. The van der Waals surface area contributed by atoms with Crippen molar-refractivity contribution in [1.29, 1.82) is 0 Å². The lowest BCUT2D eigenvalue weighted by atomic mass is 10.3. The smallest absolute Gasteiger partial charge is 0.260 e. The maximum absolute atomic E-state index is 13.5. The van der Waals surface area contributed by atoms with E-state index >= 15 is 0 Å². The van der Waals surface area contributed by atoms with Crippen LogP contribution < -0.4 is 4.74 Å². The van der Waals surface area contributed by atoms with Gasteiger partial charge in [-0.15, -0.1) is 0 Å². The molecule has 1 N–H and O–H groups in total. The molecular formula is C13H17BrFNO4. The third kappa shape index (κ3) is 5.44. The van der Waals surface area contributed by atoms with Gasteiger partial charge in [0.2, 0.25) is 0 Å². The molecule has 0 aromatic heterocycles. The summed E-state index contributed by atoms with van der Waals surface area (Å²) in [5, 5.41) is 8.90. The fourth-order valence-corrected chi connectivity index (χ4v) is 1.84. The minimum absolute atomic E-state index is 0.0113. The van der Waals surface area contributed by atoms with Gasteiger partial charge in [0.05, 0.1) is 13.2 Å². The molecule has 0 saturated carbocycles. The first-order chi connectivity index (χ1) is 9.58. The summed E-state index contributed by atoms with van der Waals surface area (Å²) in [4.78, 5) is 13.3. The number of methoxy groups -OCH3 is 1. The molecule has 0 heterocycles. The molecule has 0 spiro atoms. The molecule has 0 aliphatic heterocycles. The van der Waals surface area contributed by atoms with Crippen molar-refractivity contribution in [2.24, 2.45) is 0 Å². The van der Waals surface area contributed by atoms with Gasteiger partial charge in [-0.25, -0.2) is 4.39 Å². The highest BCUT2D eigenvalue weighted by Crippen LogP contribution is 2.21. The number of carbonyl (C=O) groups is 1. The highest BCUT2D eigenvalue weighted by Gasteiger charge is 2.14. The maximum atomic E-state index is 13.5. The second-order valence-electron chi connectivity index (χ2n) is 3.96. The minimum Gasteiger partial charge on any atom is -0.481 e. The van der Waals surface area contributed by atoms with Gasteiger partial charge in [0.25, 0.3) is 5.91 Å². The summed E-state index contributed by atoms with van der Waals surface area (Å²) in [5.41, 5.74) is 0. The van der Waals surface area contributed by atoms with Crippen LogP contribution in [0.3, 0.4) is 0 Å². The van der Waals surface area contributed by atoms with E-state index in [1.165, 1.54) is 24.1 Å². The molecule has 7 heteroatoms. The molecule has 0 aliphatic carbocycles. The van der Waals surface area contributed by atoms with E-state index in [1.807, 2.05) is 0 Å². The molecule has 1 aromatic carbocycles. The van der Waals surface area contributed by atoms with Crippen molar-refractivity contribution in [1.82, 2.24) is 4.90 Å². The molecule has 1 rings (SSSR count). The summed E-state index contributed by atoms with van der Waals surface area (Å²) < 4.78 is 24.1. The average molecular weight is 350 g/mol. The Morgan fingerprint density at radius 3 is 2.80 bits per heavy atom. The molecule has 0 unspecified atom stereocenters. The van der Waals surface area contributed by atoms with Gasteiger partial charge >= 0.3 is 0 Å². The monoisotopic (exact) mass is 349 g/mol. The van der Waals surface area contributed by atoms with E-state index in [1.54, 1.807) is 6.07 Å². The molecule has 0 bridgehead atoms. The molecule has 0 radical (unpaired) electrons. The molecule has 0 atom stereocenters. The van der Waals surface area contributed by atoms with Crippen LogP contribution >= 0.6 is 15.9 Å². The summed E-state index contributed by atoms with van der Waals surface area (Å²) >= 11 is 3.14. The first-order valence-corrected chi connectivity index (χ1v) is 6.83. The lowest BCUT2D eigenvalue weighted by Crippen LogP contribution is -2.39. The van der Waals surface area contributed by atoms with Crippen LogP contribution in [0.15, 0.2) is 22.7 Å². The SMILES string of the molecule is COCCN(CCO)C(=O)COc1ccc(Br)cc1F. The molecule has 1 amide bonds. The Morgan fingerprint density at radius 1 is 1.45 bits per heavy atom. The largest absolute Gasteiger partial charge is 0.481 e. The van der Waals surface area contributed by atoms with Crippen molar-refractivity contribution in [3.63, 3.8) is 0 Å². The Morgan fingerprint density at radius 2 is 2.20 bits per heavy atom. The van der Waals surface area contributed by atoms with Crippen molar-refractivity contribution in [2.75, 3.05) is 40.0 Å². The lowest BCUT2D eigenvalue weighted by molar-refractivity contribution is -0.134. The number of aliphatic hydroxyl groups is 1. The number of ether oxygens (including phenoxy) is 2. The van der Waals surface area contributed by atoms with E-state index in [-0.39, 0.29) is 31.4 Å². The standard InChI is InChI=1S/C13H17BrFNO4/c1-19-7-5-16(4-6-17)13(18)9-20-12-3-2-10(14)8-11(12)15/h2-3,8,17H,4-7,9H2,1H3. The van der Waals surface area contributed by atoms with Crippen LogP contribution in [0.4, 0.5) is 4.39 Å². The predicted octanol–water partition coefficient (Wildman–Crippen LogP) is 1.43. The van der Waals surface area contributed by atoms with Gasteiger partial charge in [0.15, 0.2) is 18.2 Å². The van der Waals surface area contributed by atoms with Crippen molar-refractivity contribution < 1.29 is 23.8 Å². The Labute approximate surface area is 125 Å². The highest BCUT2D eigenvalue weighted by atomic mass is 79.9. The van der Waals surface area contributed by atoms with Crippen molar-refractivity contribution in [3.8, 4) is 5.75 Å². The summed E-state index contributed by atoms with van der Waals surface area (Å²) in [5.74, 6) is -0.867. The number of nitrogens with zero attached hydrogens (tertiary/aromatic N) is 1. The highest BCUT2D eigenvalue weighted by molar-refractivity contribution is 9.10. The second-order valence-corrected chi connectivity index (χ2v) is 4.88. The predicted molar refractivity (Wildman–Crippen MR) is 75.1 cm³/mol. The summed E-state index contributed by atoms with van der Waals surface area (Å²) in [7, 11) is 1.52. The zero-order valence-electron chi connectivity index (χ0n) is 11.1. The summed E-state index contributed by atoms with van der Waals surface area (Å²) in [6.45, 7) is 0.458. The quantitative estimate of drug-likeness (QED) is 0.771. The van der Waals surface area contributed by atoms with E-state index in [9.17, 15) is 9.18 Å². The van der Waals surface area contributed by atoms with E-state index in [4.69, 9.17) is 14.6 Å². The van der Waals surface area contributed by atoms with Crippen LogP contribution in [0.1, 0.15) is 0 Å². The molecule has 5 nitrogen and oxygen atoms in total. The molecule has 0 saturated heterocycles. The fourth-order valence-electron chi connectivity index (χ4n) is 1.51. The summed E-state index contributed by atoms with van der Waals surface area (Å²) in [6.07, 6.45) is 0. The normalized spacial score (nSPS) is 10.4. The number of hydrogen-bond donors (Lipinski definition) is 1. The van der Waals surface area contributed by atoms with Crippen LogP contribution in [0.5, 0.6) is 5.75 Å². The summed E-state index contributed by atoms with van der Waals surface area (Å²) in [6, 6.07) is 4.33. The van der Waals surface area contributed by atoms with E-state index in [0.29, 0.717) is 17.6 Å². The number of carbonyl (C=O) groups excluding carboxylic acids is 1. The van der Waals surface area contributed by atoms with Gasteiger partial charge in [0, 0.05) is 24.7 Å². The van der Waals surface area contributed by atoms with E-state index < -0.39 is 5.82 Å². The molecule has 0 fully saturated rings. The number of rotatable bonds is 8. The van der Waals surface area contributed by atoms with Gasteiger partial charge in [-0.1, -0.05) is 15.9 Å². The fraction of sp³-hybridized carbons (Fsp3) is 0.462. The van der Waals surface area contributed by atoms with Crippen molar-refractivity contribution >= 4 is 21.8 Å². The Bertz CT molecular complexity index is 444. The second kappa shape index (κ2) is 8.89. The van der Waals surface area contributed by atoms with Crippen LogP contribution in [0.25, 0.3) is 0 Å². The first kappa shape index (κ1) is 16.9. The van der Waals surface area contributed by atoms with Gasteiger partial charge in [-0.05, 0) is 18.2 Å². The maximum Gasteiger partial charge on any atom is 0.260 e. The zero-order valence-corrected chi connectivity index (χ0v) is 12.7. The number of amides is 1. The lowest BCUT2D eigenvalue weighted by Gasteiger charge is -2.21. The van der Waals surface area contributed by atoms with Crippen LogP contribution in [-0.4, -0.2) is 55.9 Å². The topological polar surface area (TPSA) is 59.0 Å². The van der Waals surface area contributed by atoms with E-state index in [0.717, 1.165) is 0 Å². The van der Waals surface area contributed by atoms with Crippen molar-refractivity contribution in [2.45, 2.75) is 0 Å². The molecule has 112 valence electrons.